The highest BCUT2D eigenvalue weighted by Crippen LogP contribution is 2.16. The molecule has 2 aromatic carbocycles. The molecular weight excluding hydrogens is 324 g/mol. The molecule has 5 nitrogen and oxygen atoms in total. The first-order chi connectivity index (χ1) is 11.1. The van der Waals surface area contributed by atoms with Crippen molar-refractivity contribution in [3.63, 3.8) is 0 Å². The van der Waals surface area contributed by atoms with Gasteiger partial charge in [0, 0.05) is 16.8 Å². The minimum Gasteiger partial charge on any atom is -0.347 e. The number of rotatable bonds is 6. The quantitative estimate of drug-likeness (QED) is 0.844. The van der Waals surface area contributed by atoms with Crippen molar-refractivity contribution in [1.29, 1.82) is 0 Å². The van der Waals surface area contributed by atoms with Gasteiger partial charge in [0.05, 0.1) is 6.26 Å². The van der Waals surface area contributed by atoms with Crippen LogP contribution in [0.5, 0.6) is 0 Å². The first-order valence-electron chi connectivity index (χ1n) is 7.59. The standard InChI is InChI=1S/C18H22N2O3S/c1-18(2,13-14-8-5-4-6-9-14)19-17(21)15-10-7-11-16(12-15)20-24(3,22)23/h4-12,20H,13H2,1-3H3,(H,19,21). The molecule has 2 aromatic rings. The van der Waals surface area contributed by atoms with E-state index in [9.17, 15) is 13.2 Å². The summed E-state index contributed by atoms with van der Waals surface area (Å²) in [5, 5.41) is 2.99. The Morgan fingerprint density at radius 2 is 1.71 bits per heavy atom. The van der Waals surface area contributed by atoms with E-state index in [1.165, 1.54) is 6.07 Å². The highest BCUT2D eigenvalue weighted by molar-refractivity contribution is 7.92. The van der Waals surface area contributed by atoms with Gasteiger partial charge in [-0.2, -0.15) is 0 Å². The van der Waals surface area contributed by atoms with Gasteiger partial charge in [-0.25, -0.2) is 8.42 Å². The minimum atomic E-state index is -3.38. The van der Waals surface area contributed by atoms with Crippen LogP contribution in [0.1, 0.15) is 29.8 Å². The Morgan fingerprint density at radius 3 is 2.33 bits per heavy atom. The zero-order valence-electron chi connectivity index (χ0n) is 14.0. The lowest BCUT2D eigenvalue weighted by atomic mass is 9.94. The molecule has 0 radical (unpaired) electrons. The summed E-state index contributed by atoms with van der Waals surface area (Å²) in [6.07, 6.45) is 1.77. The van der Waals surface area contributed by atoms with Gasteiger partial charge in [0.2, 0.25) is 10.0 Å². The van der Waals surface area contributed by atoms with E-state index < -0.39 is 15.6 Å². The van der Waals surface area contributed by atoms with Gasteiger partial charge in [0.25, 0.3) is 5.91 Å². The Balaban J connectivity index is 2.10. The molecule has 0 saturated carbocycles. The molecule has 0 aliphatic carbocycles. The van der Waals surface area contributed by atoms with E-state index in [4.69, 9.17) is 0 Å². The molecule has 0 aromatic heterocycles. The Labute approximate surface area is 143 Å². The van der Waals surface area contributed by atoms with Gasteiger partial charge in [-0.05, 0) is 44.0 Å². The van der Waals surface area contributed by atoms with Gasteiger partial charge in [-0.3, -0.25) is 9.52 Å². The molecular formula is C18H22N2O3S. The molecule has 0 aliphatic rings. The first-order valence-corrected chi connectivity index (χ1v) is 9.48. The number of anilines is 1. The largest absolute Gasteiger partial charge is 0.347 e. The summed E-state index contributed by atoms with van der Waals surface area (Å²) >= 11 is 0. The Hall–Kier alpha value is -2.34. The topological polar surface area (TPSA) is 75.3 Å². The number of hydrogen-bond acceptors (Lipinski definition) is 3. The normalized spacial score (nSPS) is 11.8. The number of amides is 1. The number of hydrogen-bond donors (Lipinski definition) is 2. The molecule has 0 unspecified atom stereocenters. The fraction of sp³-hybridized carbons (Fsp3) is 0.278. The van der Waals surface area contributed by atoms with Crippen LogP contribution in [0.4, 0.5) is 5.69 Å². The summed E-state index contributed by atoms with van der Waals surface area (Å²) in [5.41, 5.74) is 1.48. The molecule has 0 saturated heterocycles. The lowest BCUT2D eigenvalue weighted by Gasteiger charge is -2.26. The number of carbonyl (C=O) groups is 1. The van der Waals surface area contributed by atoms with Crippen LogP contribution in [0, 0.1) is 0 Å². The maximum Gasteiger partial charge on any atom is 0.251 e. The summed E-state index contributed by atoms with van der Waals surface area (Å²) in [6, 6.07) is 16.3. The summed E-state index contributed by atoms with van der Waals surface area (Å²) in [5.74, 6) is -0.243. The van der Waals surface area contributed by atoms with E-state index in [-0.39, 0.29) is 5.91 Å². The van der Waals surface area contributed by atoms with Gasteiger partial charge >= 0.3 is 0 Å². The van der Waals surface area contributed by atoms with Crippen LogP contribution in [-0.4, -0.2) is 26.1 Å². The van der Waals surface area contributed by atoms with E-state index in [1.54, 1.807) is 18.2 Å². The Kier molecular flexibility index (Phi) is 5.29. The predicted octanol–water partition coefficient (Wildman–Crippen LogP) is 2.81. The molecule has 2 N–H and O–H groups in total. The number of carbonyl (C=O) groups excluding carboxylic acids is 1. The Bertz CT molecular complexity index is 815. The van der Waals surface area contributed by atoms with Crippen LogP contribution in [-0.2, 0) is 16.4 Å². The van der Waals surface area contributed by atoms with E-state index in [1.807, 2.05) is 44.2 Å². The zero-order chi connectivity index (χ0) is 17.8. The van der Waals surface area contributed by atoms with E-state index in [0.717, 1.165) is 11.8 Å². The first kappa shape index (κ1) is 18.0. The fourth-order valence-corrected chi connectivity index (χ4v) is 3.02. The maximum absolute atomic E-state index is 12.5. The molecule has 2 rings (SSSR count). The lowest BCUT2D eigenvalue weighted by molar-refractivity contribution is 0.0913. The van der Waals surface area contributed by atoms with E-state index in [2.05, 4.69) is 10.0 Å². The van der Waals surface area contributed by atoms with Gasteiger partial charge in [-0.1, -0.05) is 36.4 Å². The second kappa shape index (κ2) is 7.05. The second-order valence-corrected chi connectivity index (χ2v) is 8.20. The smallest absolute Gasteiger partial charge is 0.251 e. The van der Waals surface area contributed by atoms with Crippen molar-refractivity contribution in [1.82, 2.24) is 5.32 Å². The molecule has 1 amide bonds. The van der Waals surface area contributed by atoms with E-state index >= 15 is 0 Å². The second-order valence-electron chi connectivity index (χ2n) is 6.46. The van der Waals surface area contributed by atoms with Crippen molar-refractivity contribution < 1.29 is 13.2 Å². The molecule has 0 aliphatic heterocycles. The molecule has 0 spiro atoms. The third-order valence-corrected chi connectivity index (χ3v) is 3.98. The third-order valence-electron chi connectivity index (χ3n) is 3.37. The molecule has 6 heteroatoms. The molecule has 0 heterocycles. The van der Waals surface area contributed by atoms with Crippen LogP contribution in [0.2, 0.25) is 0 Å². The fourth-order valence-electron chi connectivity index (χ4n) is 2.47. The molecule has 24 heavy (non-hydrogen) atoms. The molecule has 128 valence electrons. The van der Waals surface area contributed by atoms with Crippen LogP contribution >= 0.6 is 0 Å². The van der Waals surface area contributed by atoms with Crippen molar-refractivity contribution in [2.24, 2.45) is 0 Å². The van der Waals surface area contributed by atoms with Crippen molar-refractivity contribution in [2.45, 2.75) is 25.8 Å². The predicted molar refractivity (Wildman–Crippen MR) is 96.6 cm³/mol. The summed E-state index contributed by atoms with van der Waals surface area (Å²) in [4.78, 5) is 12.5. The zero-order valence-corrected chi connectivity index (χ0v) is 14.9. The maximum atomic E-state index is 12.5. The van der Waals surface area contributed by atoms with Crippen LogP contribution in [0.25, 0.3) is 0 Å². The summed E-state index contributed by atoms with van der Waals surface area (Å²) < 4.78 is 25.0. The SMILES string of the molecule is CC(C)(Cc1ccccc1)NC(=O)c1cccc(NS(C)(=O)=O)c1. The number of benzene rings is 2. The van der Waals surface area contributed by atoms with Gasteiger partial charge in [0.15, 0.2) is 0 Å². The summed E-state index contributed by atoms with van der Waals surface area (Å²) in [6.45, 7) is 3.91. The molecule has 0 atom stereocenters. The minimum absolute atomic E-state index is 0.243. The van der Waals surface area contributed by atoms with Crippen LogP contribution < -0.4 is 10.0 Å². The molecule has 0 fully saturated rings. The van der Waals surface area contributed by atoms with Crippen molar-refractivity contribution >= 4 is 21.6 Å². The van der Waals surface area contributed by atoms with Crippen LogP contribution in [0.3, 0.4) is 0 Å². The van der Waals surface area contributed by atoms with Gasteiger partial charge in [0.1, 0.15) is 0 Å². The average Bonchev–Trinajstić information content (AvgIpc) is 2.45. The average molecular weight is 346 g/mol. The van der Waals surface area contributed by atoms with Crippen molar-refractivity contribution in [3.8, 4) is 0 Å². The van der Waals surface area contributed by atoms with Gasteiger partial charge in [-0.15, -0.1) is 0 Å². The monoisotopic (exact) mass is 346 g/mol. The number of nitrogens with one attached hydrogen (secondary N) is 2. The summed E-state index contributed by atoms with van der Waals surface area (Å²) in [7, 11) is -3.38. The molecule has 0 bridgehead atoms. The van der Waals surface area contributed by atoms with E-state index in [0.29, 0.717) is 17.7 Å². The number of sulfonamides is 1. The van der Waals surface area contributed by atoms with Crippen LogP contribution in [0.15, 0.2) is 54.6 Å². The lowest BCUT2D eigenvalue weighted by Crippen LogP contribution is -2.45. The van der Waals surface area contributed by atoms with Gasteiger partial charge < -0.3 is 5.32 Å². The third kappa shape index (κ3) is 5.70. The van der Waals surface area contributed by atoms with Crippen molar-refractivity contribution in [3.05, 3.63) is 65.7 Å². The Morgan fingerprint density at radius 1 is 1.04 bits per heavy atom. The highest BCUT2D eigenvalue weighted by Gasteiger charge is 2.22. The van der Waals surface area contributed by atoms with Crippen molar-refractivity contribution in [2.75, 3.05) is 11.0 Å². The highest BCUT2D eigenvalue weighted by atomic mass is 32.2.